The van der Waals surface area contributed by atoms with E-state index < -0.39 is 5.60 Å². The summed E-state index contributed by atoms with van der Waals surface area (Å²) in [5.41, 5.74) is 2.64. The van der Waals surface area contributed by atoms with E-state index in [1.165, 1.54) is 11.1 Å². The van der Waals surface area contributed by atoms with Crippen LogP contribution in [0.1, 0.15) is 56.1 Å². The number of hydrogen-bond donors (Lipinski definition) is 1. The van der Waals surface area contributed by atoms with E-state index in [0.29, 0.717) is 28.8 Å². The molecule has 2 amide bonds. The molecule has 2 aliphatic heterocycles. The number of carbonyl (C=O) groups excluding carboxylic acids is 2. The number of fused-ring (bicyclic) bond motifs is 2. The summed E-state index contributed by atoms with van der Waals surface area (Å²) >= 11 is 12.6. The van der Waals surface area contributed by atoms with Gasteiger partial charge in [-0.1, -0.05) is 49.2 Å². The molecule has 0 radical (unpaired) electrons. The summed E-state index contributed by atoms with van der Waals surface area (Å²) in [6, 6.07) is 11.0. The van der Waals surface area contributed by atoms with Gasteiger partial charge in [0.15, 0.2) is 6.73 Å². The summed E-state index contributed by atoms with van der Waals surface area (Å²) in [6.45, 7) is 10.7. The SMILES string of the molecule is CC(C)(C)OC(=O)N1Cc2cc(Nc3ncc4c(n3)OCN(c3c(Cl)cccc3Cl)C4=O)ccc2C(C)(C)C1. The summed E-state index contributed by atoms with van der Waals surface area (Å²) in [6.07, 6.45) is 1.07. The van der Waals surface area contributed by atoms with Crippen LogP contribution in [0.3, 0.4) is 0 Å². The van der Waals surface area contributed by atoms with Crippen molar-refractivity contribution in [3.05, 3.63) is 69.3 Å². The quantitative estimate of drug-likeness (QED) is 0.381. The number of rotatable bonds is 3. The minimum atomic E-state index is -0.575. The van der Waals surface area contributed by atoms with Gasteiger partial charge in [-0.15, -0.1) is 0 Å². The van der Waals surface area contributed by atoms with Crippen LogP contribution in [-0.4, -0.2) is 45.7 Å². The van der Waals surface area contributed by atoms with Crippen LogP contribution in [0.25, 0.3) is 0 Å². The van der Waals surface area contributed by atoms with Crippen LogP contribution in [0.4, 0.5) is 22.1 Å². The summed E-state index contributed by atoms with van der Waals surface area (Å²) in [5, 5.41) is 3.86. The molecule has 1 aromatic heterocycles. The monoisotopic (exact) mass is 569 g/mol. The van der Waals surface area contributed by atoms with E-state index in [-0.39, 0.29) is 41.5 Å². The first-order valence-electron chi connectivity index (χ1n) is 12.5. The Labute approximate surface area is 237 Å². The van der Waals surface area contributed by atoms with Crippen LogP contribution in [-0.2, 0) is 16.7 Å². The van der Waals surface area contributed by atoms with Crippen LogP contribution in [0.5, 0.6) is 5.88 Å². The summed E-state index contributed by atoms with van der Waals surface area (Å²) in [7, 11) is 0. The normalized spacial score (nSPS) is 16.2. The highest BCUT2D eigenvalue weighted by atomic mass is 35.5. The number of nitrogens with one attached hydrogen (secondary N) is 1. The van der Waals surface area contributed by atoms with Crippen LogP contribution in [0.15, 0.2) is 42.6 Å². The molecule has 0 spiro atoms. The predicted octanol–water partition coefficient (Wildman–Crippen LogP) is 6.55. The van der Waals surface area contributed by atoms with E-state index in [9.17, 15) is 9.59 Å². The van der Waals surface area contributed by atoms with Gasteiger partial charge in [0.1, 0.15) is 11.2 Å². The Bertz CT molecular complexity index is 1450. The highest BCUT2D eigenvalue weighted by Crippen LogP contribution is 2.38. The molecule has 9 nitrogen and oxygen atoms in total. The summed E-state index contributed by atoms with van der Waals surface area (Å²) < 4.78 is 11.4. The van der Waals surface area contributed by atoms with Gasteiger partial charge in [0.05, 0.1) is 15.7 Å². The van der Waals surface area contributed by atoms with Crippen molar-refractivity contribution in [3.63, 3.8) is 0 Å². The fraction of sp³-hybridized carbons (Fsp3) is 0.357. The Balaban J connectivity index is 1.36. The van der Waals surface area contributed by atoms with Crippen LogP contribution in [0, 0.1) is 0 Å². The number of aromatic nitrogens is 2. The maximum Gasteiger partial charge on any atom is 0.410 e. The predicted molar refractivity (Wildman–Crippen MR) is 150 cm³/mol. The lowest BCUT2D eigenvalue weighted by molar-refractivity contribution is 0.0174. The lowest BCUT2D eigenvalue weighted by Crippen LogP contribution is -2.46. The van der Waals surface area contributed by atoms with Crippen molar-refractivity contribution in [2.45, 2.75) is 52.2 Å². The largest absolute Gasteiger partial charge is 0.455 e. The highest BCUT2D eigenvalue weighted by Gasteiger charge is 2.36. The van der Waals surface area contributed by atoms with Crippen molar-refractivity contribution >= 4 is 52.5 Å². The molecule has 1 N–H and O–H groups in total. The molecule has 0 saturated heterocycles. The molecule has 11 heteroatoms. The molecule has 39 heavy (non-hydrogen) atoms. The Kier molecular flexibility index (Phi) is 6.84. The number of carbonyl (C=O) groups is 2. The number of halogens is 2. The van der Waals surface area contributed by atoms with Crippen molar-refractivity contribution in [1.82, 2.24) is 14.9 Å². The highest BCUT2D eigenvalue weighted by molar-refractivity contribution is 6.40. The molecule has 2 aromatic carbocycles. The van der Waals surface area contributed by atoms with Crippen molar-refractivity contribution in [2.75, 3.05) is 23.5 Å². The first-order valence-corrected chi connectivity index (χ1v) is 13.2. The van der Waals surface area contributed by atoms with Gasteiger partial charge in [-0.05, 0) is 56.2 Å². The Hall–Kier alpha value is -3.56. The van der Waals surface area contributed by atoms with E-state index in [0.717, 1.165) is 16.8 Å². The number of hydrogen-bond acceptors (Lipinski definition) is 7. The first-order chi connectivity index (χ1) is 18.3. The standard InChI is InChI=1S/C28H29Cl2N5O4/c1-27(2,3)39-26(37)34-13-16-11-17(9-10-19(16)28(4,5)14-34)32-25-31-12-18-23(33-25)38-15-35(24(18)36)22-20(29)7-6-8-21(22)30/h6-12H,13-15H2,1-5H3,(H,31,32,33). The molecule has 0 unspecified atom stereocenters. The van der Waals surface area contributed by atoms with Gasteiger partial charge in [-0.25, -0.2) is 9.78 Å². The maximum absolute atomic E-state index is 13.2. The summed E-state index contributed by atoms with van der Waals surface area (Å²) in [4.78, 5) is 37.8. The zero-order valence-electron chi connectivity index (χ0n) is 22.3. The lowest BCUT2D eigenvalue weighted by atomic mass is 9.78. The van der Waals surface area contributed by atoms with Gasteiger partial charge in [0.25, 0.3) is 5.91 Å². The molecule has 0 fully saturated rings. The smallest absolute Gasteiger partial charge is 0.410 e. The zero-order valence-corrected chi connectivity index (χ0v) is 23.9. The molecular formula is C28H29Cl2N5O4. The van der Waals surface area contributed by atoms with Gasteiger partial charge >= 0.3 is 6.09 Å². The van der Waals surface area contributed by atoms with Crippen molar-refractivity contribution in [3.8, 4) is 5.88 Å². The molecular weight excluding hydrogens is 541 g/mol. The van der Waals surface area contributed by atoms with Gasteiger partial charge in [0.2, 0.25) is 11.8 Å². The minimum Gasteiger partial charge on any atom is -0.455 e. The average molecular weight is 570 g/mol. The molecule has 0 aliphatic carbocycles. The topological polar surface area (TPSA) is 96.9 Å². The molecule has 5 rings (SSSR count). The molecule has 2 aliphatic rings. The third-order valence-electron chi connectivity index (χ3n) is 6.46. The van der Waals surface area contributed by atoms with Gasteiger partial charge < -0.3 is 19.7 Å². The van der Waals surface area contributed by atoms with Gasteiger partial charge in [0, 0.05) is 30.4 Å². The second-order valence-corrected chi connectivity index (χ2v) is 12.0. The summed E-state index contributed by atoms with van der Waals surface area (Å²) in [5.74, 6) is 0.0629. The van der Waals surface area contributed by atoms with Crippen LogP contribution >= 0.6 is 23.2 Å². The third kappa shape index (κ3) is 5.46. The zero-order chi connectivity index (χ0) is 28.1. The van der Waals surface area contributed by atoms with E-state index in [2.05, 4.69) is 29.1 Å². The number of benzene rings is 2. The van der Waals surface area contributed by atoms with Gasteiger partial charge in [-0.3, -0.25) is 9.69 Å². The molecule has 0 bridgehead atoms. The first kappa shape index (κ1) is 27.0. The van der Waals surface area contributed by atoms with Crippen molar-refractivity contribution < 1.29 is 19.1 Å². The van der Waals surface area contributed by atoms with Crippen LogP contribution < -0.4 is 15.0 Å². The molecule has 204 valence electrons. The second kappa shape index (κ2) is 9.88. The van der Waals surface area contributed by atoms with E-state index in [1.807, 2.05) is 39.0 Å². The lowest BCUT2D eigenvalue weighted by Gasteiger charge is -2.40. The van der Waals surface area contributed by atoms with E-state index >= 15 is 0 Å². The third-order valence-corrected chi connectivity index (χ3v) is 7.07. The molecule has 3 heterocycles. The van der Waals surface area contributed by atoms with E-state index in [1.54, 1.807) is 23.1 Å². The maximum atomic E-state index is 13.2. The molecule has 0 atom stereocenters. The fourth-order valence-corrected chi connectivity index (χ4v) is 5.40. The van der Waals surface area contributed by atoms with E-state index in [4.69, 9.17) is 32.7 Å². The number of para-hydroxylation sites is 1. The van der Waals surface area contributed by atoms with Crippen LogP contribution in [0.2, 0.25) is 10.0 Å². The number of amides is 2. The average Bonchev–Trinajstić information content (AvgIpc) is 2.83. The molecule has 3 aromatic rings. The number of ether oxygens (including phenoxy) is 2. The van der Waals surface area contributed by atoms with Gasteiger partial charge in [-0.2, -0.15) is 4.98 Å². The fourth-order valence-electron chi connectivity index (χ4n) is 4.80. The number of nitrogens with zero attached hydrogens (tertiary/aromatic N) is 4. The molecule has 0 saturated carbocycles. The Morgan fingerprint density at radius 2 is 1.87 bits per heavy atom. The number of anilines is 3. The Morgan fingerprint density at radius 1 is 1.15 bits per heavy atom. The second-order valence-electron chi connectivity index (χ2n) is 11.2. The minimum absolute atomic E-state index is 0.0971. The van der Waals surface area contributed by atoms with Crippen molar-refractivity contribution in [2.24, 2.45) is 0 Å². The Morgan fingerprint density at radius 3 is 2.56 bits per heavy atom. The van der Waals surface area contributed by atoms with Crippen molar-refractivity contribution in [1.29, 1.82) is 0 Å².